The molecule has 2 rings (SSSR count). The molecule has 0 fully saturated rings. The maximum absolute atomic E-state index is 13.8. The number of aryl methyl sites for hydroxylation is 2. The molecule has 0 aliphatic carbocycles. The first-order chi connectivity index (χ1) is 8.97. The number of anilines is 1. The van der Waals surface area contributed by atoms with E-state index in [9.17, 15) is 4.39 Å². The van der Waals surface area contributed by atoms with Gasteiger partial charge in [0, 0.05) is 16.3 Å². The summed E-state index contributed by atoms with van der Waals surface area (Å²) in [6, 6.07) is 10.7. The molecule has 0 aromatic heterocycles. The largest absolute Gasteiger partial charge is 0.353 e. The Morgan fingerprint density at radius 2 is 1.74 bits per heavy atom. The second-order valence-corrected chi connectivity index (χ2v) is 4.98. The highest BCUT2D eigenvalue weighted by molar-refractivity contribution is 6.32. The molecule has 0 amide bonds. The molecule has 0 heterocycles. The molecule has 19 heavy (non-hydrogen) atoms. The Hall–Kier alpha value is -1.80. The van der Waals surface area contributed by atoms with E-state index < -0.39 is 0 Å². The molecule has 0 atom stereocenters. The van der Waals surface area contributed by atoms with E-state index >= 15 is 0 Å². The van der Waals surface area contributed by atoms with Crippen LogP contribution in [0.4, 0.5) is 10.1 Å². The average Bonchev–Trinajstić information content (AvgIpc) is 2.35. The van der Waals surface area contributed by atoms with Crippen LogP contribution in [0.5, 0.6) is 0 Å². The van der Waals surface area contributed by atoms with Gasteiger partial charge < -0.3 is 5.32 Å². The normalized spacial score (nSPS) is 10.3. The molecule has 3 heteroatoms. The fraction of sp³-hybridized carbons (Fsp3) is 0.125. The van der Waals surface area contributed by atoms with E-state index in [1.165, 1.54) is 6.07 Å². The number of hydrogen-bond donors (Lipinski definition) is 1. The van der Waals surface area contributed by atoms with E-state index in [-0.39, 0.29) is 5.82 Å². The van der Waals surface area contributed by atoms with Gasteiger partial charge in [0.1, 0.15) is 5.82 Å². The van der Waals surface area contributed by atoms with Crippen LogP contribution in [0.15, 0.2) is 43.0 Å². The number of rotatable bonds is 3. The predicted molar refractivity (Wildman–Crippen MR) is 80.0 cm³/mol. The van der Waals surface area contributed by atoms with Crippen molar-refractivity contribution in [3.63, 3.8) is 0 Å². The molecule has 1 N–H and O–H groups in total. The lowest BCUT2D eigenvalue weighted by atomic mass is 10.1. The summed E-state index contributed by atoms with van der Waals surface area (Å²) >= 11 is 6.13. The SMILES string of the molecule is C=C(Nc1ccc(C)cc1F)c1cc(C)ccc1Cl. The Labute approximate surface area is 117 Å². The van der Waals surface area contributed by atoms with Gasteiger partial charge in [0.2, 0.25) is 0 Å². The molecule has 0 aliphatic heterocycles. The minimum Gasteiger partial charge on any atom is -0.353 e. The monoisotopic (exact) mass is 275 g/mol. The smallest absolute Gasteiger partial charge is 0.146 e. The number of nitrogens with one attached hydrogen (secondary N) is 1. The Balaban J connectivity index is 2.28. The van der Waals surface area contributed by atoms with Crippen LogP contribution in [0.1, 0.15) is 16.7 Å². The quantitative estimate of drug-likeness (QED) is 0.814. The fourth-order valence-corrected chi connectivity index (χ4v) is 2.05. The lowest BCUT2D eigenvalue weighted by Crippen LogP contribution is -2.00. The average molecular weight is 276 g/mol. The number of hydrogen-bond acceptors (Lipinski definition) is 1. The van der Waals surface area contributed by atoms with Crippen molar-refractivity contribution in [3.05, 3.63) is 70.5 Å². The van der Waals surface area contributed by atoms with Gasteiger partial charge >= 0.3 is 0 Å². The predicted octanol–water partition coefficient (Wildman–Crippen LogP) is 5.18. The van der Waals surface area contributed by atoms with Gasteiger partial charge in [0.25, 0.3) is 0 Å². The first kappa shape index (κ1) is 13.6. The zero-order valence-electron chi connectivity index (χ0n) is 10.9. The maximum Gasteiger partial charge on any atom is 0.146 e. The molecular formula is C16H15ClFN. The van der Waals surface area contributed by atoms with Crippen LogP contribution in [0.2, 0.25) is 5.02 Å². The van der Waals surface area contributed by atoms with Gasteiger partial charge in [-0.15, -0.1) is 0 Å². The van der Waals surface area contributed by atoms with Gasteiger partial charge in [-0.3, -0.25) is 0 Å². The summed E-state index contributed by atoms with van der Waals surface area (Å²) in [4.78, 5) is 0. The molecule has 0 saturated carbocycles. The molecule has 0 spiro atoms. The highest BCUT2D eigenvalue weighted by Gasteiger charge is 2.08. The van der Waals surface area contributed by atoms with Crippen molar-refractivity contribution in [2.75, 3.05) is 5.32 Å². The maximum atomic E-state index is 13.8. The summed E-state index contributed by atoms with van der Waals surface area (Å²) in [5.74, 6) is -0.301. The molecule has 0 saturated heterocycles. The summed E-state index contributed by atoms with van der Waals surface area (Å²) in [6.07, 6.45) is 0. The van der Waals surface area contributed by atoms with Crippen LogP contribution >= 0.6 is 11.6 Å². The third kappa shape index (κ3) is 3.15. The van der Waals surface area contributed by atoms with Crippen molar-refractivity contribution >= 4 is 23.0 Å². The summed E-state index contributed by atoms with van der Waals surface area (Å²) < 4.78 is 13.8. The molecule has 1 nitrogen and oxygen atoms in total. The molecular weight excluding hydrogens is 261 g/mol. The van der Waals surface area contributed by atoms with Crippen LogP contribution in [0.25, 0.3) is 5.70 Å². The van der Waals surface area contributed by atoms with Gasteiger partial charge in [0.15, 0.2) is 0 Å². The second-order valence-electron chi connectivity index (χ2n) is 4.57. The van der Waals surface area contributed by atoms with Crippen LogP contribution < -0.4 is 5.32 Å². The Kier molecular flexibility index (Phi) is 3.91. The summed E-state index contributed by atoms with van der Waals surface area (Å²) in [7, 11) is 0. The number of halogens is 2. The Bertz CT molecular complexity index is 635. The molecule has 0 radical (unpaired) electrons. The zero-order chi connectivity index (χ0) is 14.0. The molecule has 2 aromatic carbocycles. The van der Waals surface area contributed by atoms with Crippen molar-refractivity contribution in [1.82, 2.24) is 0 Å². The molecule has 0 bridgehead atoms. The number of benzene rings is 2. The van der Waals surface area contributed by atoms with Gasteiger partial charge in [0.05, 0.1) is 5.69 Å². The van der Waals surface area contributed by atoms with E-state index in [4.69, 9.17) is 11.6 Å². The Morgan fingerprint density at radius 3 is 2.42 bits per heavy atom. The lowest BCUT2D eigenvalue weighted by molar-refractivity contribution is 0.631. The lowest BCUT2D eigenvalue weighted by Gasteiger charge is -2.13. The van der Waals surface area contributed by atoms with E-state index in [2.05, 4.69) is 11.9 Å². The van der Waals surface area contributed by atoms with Crippen LogP contribution in [0.3, 0.4) is 0 Å². The van der Waals surface area contributed by atoms with Crippen molar-refractivity contribution in [3.8, 4) is 0 Å². The van der Waals surface area contributed by atoms with E-state index in [0.717, 1.165) is 16.7 Å². The van der Waals surface area contributed by atoms with E-state index in [0.29, 0.717) is 16.4 Å². The van der Waals surface area contributed by atoms with Gasteiger partial charge in [-0.25, -0.2) is 4.39 Å². The third-order valence-corrected chi connectivity index (χ3v) is 3.19. The van der Waals surface area contributed by atoms with Gasteiger partial charge in [-0.05, 0) is 43.7 Å². The molecule has 0 aliphatic rings. The van der Waals surface area contributed by atoms with Gasteiger partial charge in [-0.2, -0.15) is 0 Å². The Morgan fingerprint density at radius 1 is 1.11 bits per heavy atom. The molecule has 0 unspecified atom stereocenters. The van der Waals surface area contributed by atoms with Crippen LogP contribution in [-0.4, -0.2) is 0 Å². The fourth-order valence-electron chi connectivity index (χ4n) is 1.82. The summed E-state index contributed by atoms with van der Waals surface area (Å²) in [6.45, 7) is 7.74. The molecule has 98 valence electrons. The third-order valence-electron chi connectivity index (χ3n) is 2.86. The van der Waals surface area contributed by atoms with Gasteiger partial charge in [-0.1, -0.05) is 35.9 Å². The first-order valence-electron chi connectivity index (χ1n) is 5.96. The van der Waals surface area contributed by atoms with Crippen molar-refractivity contribution in [2.45, 2.75) is 13.8 Å². The minimum absolute atomic E-state index is 0.301. The molecule has 2 aromatic rings. The first-order valence-corrected chi connectivity index (χ1v) is 6.34. The second kappa shape index (κ2) is 5.45. The van der Waals surface area contributed by atoms with Crippen molar-refractivity contribution < 1.29 is 4.39 Å². The van der Waals surface area contributed by atoms with E-state index in [1.807, 2.05) is 38.1 Å². The van der Waals surface area contributed by atoms with Crippen molar-refractivity contribution in [1.29, 1.82) is 0 Å². The van der Waals surface area contributed by atoms with Crippen molar-refractivity contribution in [2.24, 2.45) is 0 Å². The van der Waals surface area contributed by atoms with Crippen LogP contribution in [0, 0.1) is 19.7 Å². The highest BCUT2D eigenvalue weighted by atomic mass is 35.5. The highest BCUT2D eigenvalue weighted by Crippen LogP contribution is 2.26. The zero-order valence-corrected chi connectivity index (χ0v) is 11.7. The minimum atomic E-state index is -0.301. The van der Waals surface area contributed by atoms with E-state index in [1.54, 1.807) is 6.07 Å². The summed E-state index contributed by atoms with van der Waals surface area (Å²) in [5.41, 5.74) is 3.71. The topological polar surface area (TPSA) is 12.0 Å². The van der Waals surface area contributed by atoms with Crippen LogP contribution in [-0.2, 0) is 0 Å². The standard InChI is InChI=1S/C16H15ClFN/c1-10-4-6-14(17)13(8-10)12(3)19-16-7-5-11(2)9-15(16)18/h4-9,19H,3H2,1-2H3. The summed E-state index contributed by atoms with van der Waals surface area (Å²) in [5, 5.41) is 3.56.